The molecule has 0 radical (unpaired) electrons. The second-order valence-corrected chi connectivity index (χ2v) is 14.2. The predicted octanol–water partition coefficient (Wildman–Crippen LogP) is 15.4. The minimum Gasteiger partial charge on any atom is -0.456 e. The second kappa shape index (κ2) is 14.4. The Kier molecular flexibility index (Phi) is 8.55. The molecule has 0 aliphatic heterocycles. The number of hydrogen-bond donors (Lipinski definition) is 0. The van der Waals surface area contributed by atoms with Gasteiger partial charge in [0, 0.05) is 28.0 Å². The Labute approximate surface area is 327 Å². The SMILES string of the molecule is c1ccc(-c2cccc(N(c3ccc(-c4ccc(-c5ccccc5-c5cc6ccccc6o5)cc4)cc3)c3ccc(-c4ccc5ccccc5c4)cc3)c2)cc1. The molecule has 10 aromatic rings. The zero-order chi connectivity index (χ0) is 37.3. The molecule has 2 heteroatoms. The molecule has 264 valence electrons. The summed E-state index contributed by atoms with van der Waals surface area (Å²) in [5, 5.41) is 3.60. The van der Waals surface area contributed by atoms with Crippen molar-refractivity contribution in [2.75, 3.05) is 4.90 Å². The van der Waals surface area contributed by atoms with Crippen molar-refractivity contribution in [2.45, 2.75) is 0 Å². The Morgan fingerprint density at radius 3 is 1.48 bits per heavy atom. The van der Waals surface area contributed by atoms with Crippen molar-refractivity contribution in [3.8, 4) is 55.8 Å². The van der Waals surface area contributed by atoms with Crippen LogP contribution in [0.4, 0.5) is 17.1 Å². The third-order valence-corrected chi connectivity index (χ3v) is 10.7. The third-order valence-electron chi connectivity index (χ3n) is 10.7. The molecule has 1 heterocycles. The van der Waals surface area contributed by atoms with E-state index >= 15 is 0 Å². The van der Waals surface area contributed by atoms with Gasteiger partial charge in [-0.2, -0.15) is 0 Å². The molecule has 56 heavy (non-hydrogen) atoms. The van der Waals surface area contributed by atoms with Crippen molar-refractivity contribution in [3.63, 3.8) is 0 Å². The van der Waals surface area contributed by atoms with E-state index in [9.17, 15) is 0 Å². The van der Waals surface area contributed by atoms with Gasteiger partial charge in [0.1, 0.15) is 11.3 Å². The van der Waals surface area contributed by atoms with Crippen molar-refractivity contribution in [1.29, 1.82) is 0 Å². The summed E-state index contributed by atoms with van der Waals surface area (Å²) in [5.74, 6) is 0.878. The van der Waals surface area contributed by atoms with Gasteiger partial charge in [-0.1, -0.05) is 170 Å². The van der Waals surface area contributed by atoms with Crippen LogP contribution in [-0.2, 0) is 0 Å². The maximum absolute atomic E-state index is 6.27. The van der Waals surface area contributed by atoms with E-state index in [4.69, 9.17) is 4.42 Å². The lowest BCUT2D eigenvalue weighted by Crippen LogP contribution is -2.10. The number of benzene rings is 9. The molecular formula is C54H37NO. The fourth-order valence-electron chi connectivity index (χ4n) is 7.78. The van der Waals surface area contributed by atoms with Gasteiger partial charge in [0.2, 0.25) is 0 Å². The van der Waals surface area contributed by atoms with Gasteiger partial charge in [0.25, 0.3) is 0 Å². The highest BCUT2D eigenvalue weighted by Gasteiger charge is 2.16. The number of hydrogen-bond acceptors (Lipinski definition) is 2. The second-order valence-electron chi connectivity index (χ2n) is 14.2. The number of nitrogens with zero attached hydrogens (tertiary/aromatic N) is 1. The zero-order valence-electron chi connectivity index (χ0n) is 30.7. The molecule has 0 saturated heterocycles. The number of rotatable bonds is 8. The summed E-state index contributed by atoms with van der Waals surface area (Å²) >= 11 is 0. The highest BCUT2D eigenvalue weighted by Crippen LogP contribution is 2.40. The molecule has 10 rings (SSSR count). The van der Waals surface area contributed by atoms with Crippen molar-refractivity contribution in [2.24, 2.45) is 0 Å². The Balaban J connectivity index is 0.975. The lowest BCUT2D eigenvalue weighted by atomic mass is 9.95. The molecule has 0 atom stereocenters. The highest BCUT2D eigenvalue weighted by molar-refractivity contribution is 5.90. The van der Waals surface area contributed by atoms with Crippen LogP contribution in [0.1, 0.15) is 0 Å². The maximum Gasteiger partial charge on any atom is 0.136 e. The van der Waals surface area contributed by atoms with Gasteiger partial charge >= 0.3 is 0 Å². The maximum atomic E-state index is 6.27. The Bertz CT molecular complexity index is 2910. The van der Waals surface area contributed by atoms with Gasteiger partial charge in [0.05, 0.1) is 0 Å². The molecule has 1 aromatic heterocycles. The molecular weight excluding hydrogens is 679 g/mol. The van der Waals surface area contributed by atoms with E-state index < -0.39 is 0 Å². The summed E-state index contributed by atoms with van der Waals surface area (Å²) in [5.41, 5.74) is 14.7. The Morgan fingerprint density at radius 2 is 0.768 bits per heavy atom. The quantitative estimate of drug-likeness (QED) is 0.156. The largest absolute Gasteiger partial charge is 0.456 e. The lowest BCUT2D eigenvalue weighted by molar-refractivity contribution is 0.632. The Hall–Kier alpha value is -7.42. The first-order chi connectivity index (χ1) is 27.7. The molecule has 0 fully saturated rings. The average molecular weight is 716 g/mol. The van der Waals surface area contributed by atoms with Crippen LogP contribution in [0.15, 0.2) is 229 Å². The van der Waals surface area contributed by atoms with E-state index in [1.807, 2.05) is 18.2 Å². The van der Waals surface area contributed by atoms with Gasteiger partial charge in [0.15, 0.2) is 0 Å². The van der Waals surface area contributed by atoms with Crippen molar-refractivity contribution in [1.82, 2.24) is 0 Å². The molecule has 0 amide bonds. The van der Waals surface area contributed by atoms with E-state index in [2.05, 4.69) is 211 Å². The summed E-state index contributed by atoms with van der Waals surface area (Å²) < 4.78 is 6.27. The number of fused-ring (bicyclic) bond motifs is 2. The fourth-order valence-corrected chi connectivity index (χ4v) is 7.78. The third kappa shape index (κ3) is 6.44. The van der Waals surface area contributed by atoms with Crippen molar-refractivity contribution in [3.05, 3.63) is 224 Å². The summed E-state index contributed by atoms with van der Waals surface area (Å²) in [6, 6.07) is 80.1. The van der Waals surface area contributed by atoms with Crippen LogP contribution in [0.25, 0.3) is 77.6 Å². The van der Waals surface area contributed by atoms with E-state index in [-0.39, 0.29) is 0 Å². The van der Waals surface area contributed by atoms with E-state index in [0.717, 1.165) is 56.0 Å². The first-order valence-corrected chi connectivity index (χ1v) is 19.1. The first-order valence-electron chi connectivity index (χ1n) is 19.1. The molecule has 0 saturated carbocycles. The van der Waals surface area contributed by atoms with E-state index in [1.165, 1.54) is 38.6 Å². The zero-order valence-corrected chi connectivity index (χ0v) is 30.7. The summed E-state index contributed by atoms with van der Waals surface area (Å²) in [7, 11) is 0. The number of anilines is 3. The van der Waals surface area contributed by atoms with Gasteiger partial charge in [-0.3, -0.25) is 0 Å². The van der Waals surface area contributed by atoms with Crippen LogP contribution in [0, 0.1) is 0 Å². The van der Waals surface area contributed by atoms with Gasteiger partial charge in [-0.15, -0.1) is 0 Å². The molecule has 0 N–H and O–H groups in total. The highest BCUT2D eigenvalue weighted by atomic mass is 16.3. The van der Waals surface area contributed by atoms with Crippen LogP contribution in [0.5, 0.6) is 0 Å². The smallest absolute Gasteiger partial charge is 0.136 e. The summed E-state index contributed by atoms with van der Waals surface area (Å²) in [6.07, 6.45) is 0. The fraction of sp³-hybridized carbons (Fsp3) is 0. The molecule has 0 spiro atoms. The van der Waals surface area contributed by atoms with E-state index in [1.54, 1.807) is 0 Å². The lowest BCUT2D eigenvalue weighted by Gasteiger charge is -2.26. The van der Waals surface area contributed by atoms with Crippen LogP contribution in [0.3, 0.4) is 0 Å². The molecule has 0 bridgehead atoms. The average Bonchev–Trinajstić information content (AvgIpc) is 3.72. The van der Waals surface area contributed by atoms with Gasteiger partial charge < -0.3 is 9.32 Å². The first kappa shape index (κ1) is 33.2. The van der Waals surface area contributed by atoms with Crippen LogP contribution in [0.2, 0.25) is 0 Å². The molecule has 2 nitrogen and oxygen atoms in total. The minimum absolute atomic E-state index is 0.878. The summed E-state index contributed by atoms with van der Waals surface area (Å²) in [6.45, 7) is 0. The molecule has 9 aromatic carbocycles. The van der Waals surface area contributed by atoms with Crippen LogP contribution in [-0.4, -0.2) is 0 Å². The van der Waals surface area contributed by atoms with Gasteiger partial charge in [-0.25, -0.2) is 0 Å². The topological polar surface area (TPSA) is 16.4 Å². The van der Waals surface area contributed by atoms with E-state index in [0.29, 0.717) is 0 Å². The Morgan fingerprint density at radius 1 is 0.268 bits per heavy atom. The molecule has 0 aliphatic carbocycles. The van der Waals surface area contributed by atoms with Crippen molar-refractivity contribution < 1.29 is 4.42 Å². The predicted molar refractivity (Wildman–Crippen MR) is 236 cm³/mol. The van der Waals surface area contributed by atoms with Crippen molar-refractivity contribution >= 4 is 38.8 Å². The molecule has 0 aliphatic rings. The van der Waals surface area contributed by atoms with Gasteiger partial charge in [-0.05, 0) is 110 Å². The molecule has 0 unspecified atom stereocenters. The monoisotopic (exact) mass is 715 g/mol. The standard InChI is InChI=1S/C54H37NO/c1-2-11-38(12-3-1)45-16-10-17-50(36-45)55(49-33-29-42(30-34-49)46-26-23-39-13-4-5-14-44(39)35-46)48-31-27-41(28-32-48)40-21-24-43(25-22-40)51-18-7-8-19-52(51)54-37-47-15-6-9-20-53(47)56-54/h1-37H. The normalized spacial score (nSPS) is 11.2. The number of para-hydroxylation sites is 1. The number of furan rings is 1. The summed E-state index contributed by atoms with van der Waals surface area (Å²) in [4.78, 5) is 2.35. The van der Waals surface area contributed by atoms with Crippen LogP contribution >= 0.6 is 0 Å². The minimum atomic E-state index is 0.878. The van der Waals surface area contributed by atoms with Crippen LogP contribution < -0.4 is 4.90 Å².